The maximum absolute atomic E-state index is 13.2. The second-order valence-electron chi connectivity index (χ2n) is 10.8. The minimum atomic E-state index is -1.12. The first-order valence-electron chi connectivity index (χ1n) is 13.7. The SMILES string of the molecule is COC(=O)[C@H](Cc1ccccc1)NC(=O)[C@@H](CC(=O)O)NCCC(C)(C)c1ccc(C)cc1OCc1ccccc1. The van der Waals surface area contributed by atoms with E-state index in [4.69, 9.17) is 9.47 Å². The number of ether oxygens (including phenoxy) is 2. The van der Waals surface area contributed by atoms with Gasteiger partial charge in [-0.3, -0.25) is 9.59 Å². The van der Waals surface area contributed by atoms with Crippen molar-refractivity contribution in [3.05, 3.63) is 101 Å². The van der Waals surface area contributed by atoms with Gasteiger partial charge in [-0.2, -0.15) is 0 Å². The predicted octanol–water partition coefficient (Wildman–Crippen LogP) is 4.58. The first-order valence-corrected chi connectivity index (χ1v) is 13.7. The molecule has 8 nitrogen and oxygen atoms in total. The van der Waals surface area contributed by atoms with Crippen molar-refractivity contribution in [2.24, 2.45) is 0 Å². The molecule has 0 fully saturated rings. The van der Waals surface area contributed by atoms with Crippen LogP contribution in [0.5, 0.6) is 5.75 Å². The Morgan fingerprint density at radius 3 is 2.15 bits per heavy atom. The number of carboxylic acids is 1. The van der Waals surface area contributed by atoms with E-state index >= 15 is 0 Å². The van der Waals surface area contributed by atoms with Crippen molar-refractivity contribution >= 4 is 17.8 Å². The standard InChI is InChI=1S/C33H40N2O6/c1-23-15-16-26(29(19-23)41-22-25-13-9-6-10-14-25)33(2,3)17-18-34-27(21-30(36)37)31(38)35-28(32(39)40-4)20-24-11-7-5-8-12-24/h5-16,19,27-28,34H,17-18,20-22H2,1-4H3,(H,35,38)(H,36,37)/t27-,28+/m1/s1. The van der Waals surface area contributed by atoms with Crippen LogP contribution in [0.25, 0.3) is 0 Å². The van der Waals surface area contributed by atoms with Gasteiger partial charge >= 0.3 is 11.9 Å². The van der Waals surface area contributed by atoms with Gasteiger partial charge in [0.25, 0.3) is 0 Å². The van der Waals surface area contributed by atoms with Crippen molar-refractivity contribution < 1.29 is 29.0 Å². The Morgan fingerprint density at radius 2 is 1.54 bits per heavy atom. The second kappa shape index (κ2) is 15.0. The number of amides is 1. The van der Waals surface area contributed by atoms with Crippen LogP contribution in [0.3, 0.4) is 0 Å². The second-order valence-corrected chi connectivity index (χ2v) is 10.8. The number of methoxy groups -OCH3 is 1. The molecule has 0 aliphatic rings. The van der Waals surface area contributed by atoms with Gasteiger partial charge in [-0.1, -0.05) is 86.6 Å². The highest BCUT2D eigenvalue weighted by atomic mass is 16.5. The van der Waals surface area contributed by atoms with Crippen LogP contribution in [0.1, 0.15) is 48.9 Å². The lowest BCUT2D eigenvalue weighted by atomic mass is 9.80. The minimum Gasteiger partial charge on any atom is -0.489 e. The molecule has 0 spiro atoms. The molecular weight excluding hydrogens is 520 g/mol. The lowest BCUT2D eigenvalue weighted by Crippen LogP contribution is -2.52. The number of hydrogen-bond donors (Lipinski definition) is 3. The molecular formula is C33H40N2O6. The van der Waals surface area contributed by atoms with Gasteiger partial charge < -0.3 is 25.2 Å². The lowest BCUT2D eigenvalue weighted by molar-refractivity contribution is -0.145. The summed E-state index contributed by atoms with van der Waals surface area (Å²) < 4.78 is 11.1. The maximum Gasteiger partial charge on any atom is 0.328 e. The van der Waals surface area contributed by atoms with Crippen LogP contribution < -0.4 is 15.4 Å². The molecule has 8 heteroatoms. The molecule has 0 bridgehead atoms. The summed E-state index contributed by atoms with van der Waals surface area (Å²) in [6.07, 6.45) is 0.401. The molecule has 0 unspecified atom stereocenters. The summed E-state index contributed by atoms with van der Waals surface area (Å²) in [5.74, 6) is -1.50. The fourth-order valence-corrected chi connectivity index (χ4v) is 4.63. The highest BCUT2D eigenvalue weighted by molar-refractivity contribution is 5.90. The molecule has 0 heterocycles. The highest BCUT2D eigenvalue weighted by Crippen LogP contribution is 2.35. The summed E-state index contributed by atoms with van der Waals surface area (Å²) in [5, 5.41) is 15.3. The summed E-state index contributed by atoms with van der Waals surface area (Å²) in [6, 6.07) is 23.3. The molecule has 0 aromatic heterocycles. The number of esters is 1. The smallest absolute Gasteiger partial charge is 0.328 e. The van der Waals surface area contributed by atoms with Gasteiger partial charge in [0.1, 0.15) is 18.4 Å². The fraction of sp³-hybridized carbons (Fsp3) is 0.364. The zero-order valence-corrected chi connectivity index (χ0v) is 24.2. The lowest BCUT2D eigenvalue weighted by Gasteiger charge is -2.29. The Balaban J connectivity index is 1.67. The number of hydrogen-bond acceptors (Lipinski definition) is 6. The van der Waals surface area contributed by atoms with Gasteiger partial charge in [-0.15, -0.1) is 0 Å². The van der Waals surface area contributed by atoms with E-state index < -0.39 is 36.4 Å². The molecule has 3 N–H and O–H groups in total. The van der Waals surface area contributed by atoms with Gasteiger partial charge in [0.05, 0.1) is 19.6 Å². The van der Waals surface area contributed by atoms with Crippen LogP contribution in [-0.4, -0.2) is 48.7 Å². The first kappa shape index (κ1) is 31.4. The van der Waals surface area contributed by atoms with E-state index in [1.807, 2.05) is 79.7 Å². The van der Waals surface area contributed by atoms with E-state index in [2.05, 4.69) is 30.5 Å². The van der Waals surface area contributed by atoms with Crippen molar-refractivity contribution in [1.29, 1.82) is 0 Å². The molecule has 2 atom stereocenters. The van der Waals surface area contributed by atoms with E-state index in [1.54, 1.807) is 0 Å². The molecule has 1 amide bonds. The van der Waals surface area contributed by atoms with Crippen molar-refractivity contribution in [1.82, 2.24) is 10.6 Å². The quantitative estimate of drug-likeness (QED) is 0.233. The molecule has 218 valence electrons. The molecule has 3 aromatic rings. The predicted molar refractivity (Wildman–Crippen MR) is 158 cm³/mol. The summed E-state index contributed by atoms with van der Waals surface area (Å²) in [6.45, 7) is 7.01. The van der Waals surface area contributed by atoms with Crippen LogP contribution in [0.4, 0.5) is 0 Å². The molecule has 0 radical (unpaired) electrons. The zero-order chi connectivity index (χ0) is 29.8. The van der Waals surface area contributed by atoms with Gasteiger partial charge in [-0.25, -0.2) is 4.79 Å². The van der Waals surface area contributed by atoms with Crippen molar-refractivity contribution in [3.63, 3.8) is 0 Å². The summed E-state index contributed by atoms with van der Waals surface area (Å²) in [7, 11) is 1.25. The number of nitrogens with one attached hydrogen (secondary N) is 2. The van der Waals surface area contributed by atoms with Crippen LogP contribution in [-0.2, 0) is 37.6 Å². The van der Waals surface area contributed by atoms with Crippen LogP contribution in [0.15, 0.2) is 78.9 Å². The molecule has 41 heavy (non-hydrogen) atoms. The molecule has 3 rings (SSSR count). The summed E-state index contributed by atoms with van der Waals surface area (Å²) >= 11 is 0. The van der Waals surface area contributed by atoms with Crippen molar-refractivity contribution in [2.75, 3.05) is 13.7 Å². The van der Waals surface area contributed by atoms with E-state index in [9.17, 15) is 19.5 Å². The zero-order valence-electron chi connectivity index (χ0n) is 24.2. The average Bonchev–Trinajstić information content (AvgIpc) is 2.95. The van der Waals surface area contributed by atoms with E-state index in [-0.39, 0.29) is 11.8 Å². The van der Waals surface area contributed by atoms with Gasteiger partial charge in [0.2, 0.25) is 5.91 Å². The Hall–Kier alpha value is -4.17. The fourth-order valence-electron chi connectivity index (χ4n) is 4.63. The van der Waals surface area contributed by atoms with Crippen LogP contribution in [0.2, 0.25) is 0 Å². The molecule has 0 saturated heterocycles. The molecule has 0 saturated carbocycles. The molecule has 0 aliphatic heterocycles. The van der Waals surface area contributed by atoms with Crippen LogP contribution in [0, 0.1) is 6.92 Å². The van der Waals surface area contributed by atoms with Crippen molar-refractivity contribution in [3.8, 4) is 5.75 Å². The van der Waals surface area contributed by atoms with Gasteiger partial charge in [0.15, 0.2) is 0 Å². The highest BCUT2D eigenvalue weighted by Gasteiger charge is 2.29. The number of carbonyl (C=O) groups is 3. The first-order chi connectivity index (χ1) is 19.6. The third kappa shape index (κ3) is 9.76. The Morgan fingerprint density at radius 1 is 0.902 bits per heavy atom. The monoisotopic (exact) mass is 560 g/mol. The third-order valence-corrected chi connectivity index (χ3v) is 7.02. The number of carbonyl (C=O) groups excluding carboxylic acids is 2. The number of rotatable bonds is 15. The summed E-state index contributed by atoms with van der Waals surface area (Å²) in [4.78, 5) is 37.2. The van der Waals surface area contributed by atoms with Crippen LogP contribution >= 0.6 is 0 Å². The van der Waals surface area contributed by atoms with Gasteiger partial charge in [-0.05, 0) is 53.6 Å². The maximum atomic E-state index is 13.2. The molecule has 3 aromatic carbocycles. The number of aryl methyl sites for hydroxylation is 1. The van der Waals surface area contributed by atoms with Gasteiger partial charge in [0, 0.05) is 6.42 Å². The number of benzene rings is 3. The number of aliphatic carboxylic acids is 1. The van der Waals surface area contributed by atoms with E-state index in [0.29, 0.717) is 19.6 Å². The largest absolute Gasteiger partial charge is 0.489 e. The molecule has 0 aliphatic carbocycles. The normalized spacial score (nSPS) is 12.7. The minimum absolute atomic E-state index is 0.227. The third-order valence-electron chi connectivity index (χ3n) is 7.02. The van der Waals surface area contributed by atoms with Crippen molar-refractivity contribution in [2.45, 2.75) is 64.1 Å². The topological polar surface area (TPSA) is 114 Å². The Labute approximate surface area is 242 Å². The average molecular weight is 561 g/mol. The van der Waals surface area contributed by atoms with E-state index in [1.165, 1.54) is 7.11 Å². The summed E-state index contributed by atoms with van der Waals surface area (Å²) in [5.41, 5.74) is 3.67. The Bertz CT molecular complexity index is 1290. The number of carboxylic acid groups (broad SMARTS) is 1. The van der Waals surface area contributed by atoms with E-state index in [0.717, 1.165) is 28.0 Å². The Kier molecular flexibility index (Phi) is 11.5.